The van der Waals surface area contributed by atoms with Crippen molar-refractivity contribution < 1.29 is 14.8 Å². The Balaban J connectivity index is 3.11. The van der Waals surface area contributed by atoms with Crippen molar-refractivity contribution in [1.82, 2.24) is 0 Å². The molecule has 0 heterocycles. The lowest BCUT2D eigenvalue weighted by Crippen LogP contribution is -2.10. The quantitative estimate of drug-likeness (QED) is 0.424. The molecule has 0 aromatic heterocycles. The molecule has 0 aromatic rings. The average molecular weight is 144 g/mol. The van der Waals surface area contributed by atoms with Gasteiger partial charge in [-0.2, -0.15) is 0 Å². The summed E-state index contributed by atoms with van der Waals surface area (Å²) in [6, 6.07) is 0. The molecule has 1 unspecified atom stereocenters. The Labute approximate surface area is 61.2 Å². The van der Waals surface area contributed by atoms with Crippen molar-refractivity contribution in [2.75, 3.05) is 0 Å². The smallest absolute Gasteiger partial charge is 0.427 e. The molecule has 0 saturated heterocycles. The van der Waals surface area contributed by atoms with Gasteiger partial charge < -0.3 is 14.8 Å². The summed E-state index contributed by atoms with van der Waals surface area (Å²) in [7, 11) is -1.22. The molecule has 0 spiro atoms. The zero-order valence-corrected chi connectivity index (χ0v) is 6.16. The van der Waals surface area contributed by atoms with E-state index in [0.29, 0.717) is 12.7 Å². The summed E-state index contributed by atoms with van der Waals surface area (Å²) in [6.45, 7) is 1.82. The van der Waals surface area contributed by atoms with E-state index < -0.39 is 7.12 Å². The van der Waals surface area contributed by atoms with Crippen LogP contribution in [0.1, 0.15) is 19.8 Å². The molecule has 4 heteroatoms. The average Bonchev–Trinajstić information content (AvgIpc) is 1.87. The van der Waals surface area contributed by atoms with Gasteiger partial charge in [0.25, 0.3) is 0 Å². The lowest BCUT2D eigenvalue weighted by molar-refractivity contribution is -0.110. The van der Waals surface area contributed by atoms with Gasteiger partial charge in [0, 0.05) is 5.92 Å². The molecule has 0 aliphatic rings. The first-order chi connectivity index (χ1) is 4.66. The van der Waals surface area contributed by atoms with E-state index >= 15 is 0 Å². The molecule has 0 rings (SSSR count). The summed E-state index contributed by atoms with van der Waals surface area (Å²) < 4.78 is 0. The van der Waals surface area contributed by atoms with Crippen LogP contribution in [-0.2, 0) is 4.79 Å². The maximum absolute atomic E-state index is 10.1. The monoisotopic (exact) mass is 144 g/mol. The molecular weight excluding hydrogens is 131 g/mol. The Bertz CT molecular complexity index is 95.0. The third-order valence-corrected chi connectivity index (χ3v) is 1.35. The van der Waals surface area contributed by atoms with Crippen LogP contribution in [-0.4, -0.2) is 23.5 Å². The maximum atomic E-state index is 10.1. The van der Waals surface area contributed by atoms with Crippen molar-refractivity contribution in [2.24, 2.45) is 5.92 Å². The van der Waals surface area contributed by atoms with Crippen LogP contribution in [0.3, 0.4) is 0 Å². The summed E-state index contributed by atoms with van der Waals surface area (Å²) in [4.78, 5) is 10.1. The number of aldehydes is 1. The first-order valence-corrected chi connectivity index (χ1v) is 3.48. The van der Waals surface area contributed by atoms with Crippen LogP contribution in [0.25, 0.3) is 0 Å². The largest absolute Gasteiger partial charge is 0.451 e. The third-order valence-electron chi connectivity index (χ3n) is 1.35. The summed E-state index contributed by atoms with van der Waals surface area (Å²) in [6.07, 6.45) is 2.67. The van der Waals surface area contributed by atoms with Crippen LogP contribution in [0.4, 0.5) is 0 Å². The molecular formula is C6H13BO3. The minimum Gasteiger partial charge on any atom is -0.427 e. The highest BCUT2D eigenvalue weighted by Crippen LogP contribution is 2.05. The van der Waals surface area contributed by atoms with E-state index in [1.54, 1.807) is 0 Å². The van der Waals surface area contributed by atoms with E-state index in [0.717, 1.165) is 12.7 Å². The van der Waals surface area contributed by atoms with Gasteiger partial charge in [-0.25, -0.2) is 0 Å². The molecule has 0 aromatic carbocycles. The second-order valence-electron chi connectivity index (χ2n) is 2.52. The summed E-state index contributed by atoms with van der Waals surface area (Å²) >= 11 is 0. The molecule has 3 nitrogen and oxygen atoms in total. The molecule has 0 fully saturated rings. The summed E-state index contributed by atoms with van der Waals surface area (Å²) in [5.74, 6) is 0.0405. The maximum Gasteiger partial charge on any atom is 0.451 e. The van der Waals surface area contributed by atoms with Crippen molar-refractivity contribution in [3.8, 4) is 0 Å². The molecule has 10 heavy (non-hydrogen) atoms. The fourth-order valence-electron chi connectivity index (χ4n) is 0.690. The van der Waals surface area contributed by atoms with Crippen LogP contribution in [0.15, 0.2) is 0 Å². The van der Waals surface area contributed by atoms with Gasteiger partial charge in [0.1, 0.15) is 6.29 Å². The summed E-state index contributed by atoms with van der Waals surface area (Å²) in [5, 5.41) is 16.8. The van der Waals surface area contributed by atoms with Crippen molar-refractivity contribution in [3.05, 3.63) is 0 Å². The van der Waals surface area contributed by atoms with Crippen LogP contribution in [0.2, 0.25) is 6.32 Å². The molecule has 58 valence electrons. The molecule has 0 aliphatic heterocycles. The van der Waals surface area contributed by atoms with Gasteiger partial charge >= 0.3 is 7.12 Å². The number of carbonyl (C=O) groups excluding carboxylic acids is 1. The van der Waals surface area contributed by atoms with Gasteiger partial charge in [0.2, 0.25) is 0 Å². The zero-order valence-electron chi connectivity index (χ0n) is 6.16. The molecule has 0 radical (unpaired) electrons. The van der Waals surface area contributed by atoms with E-state index in [4.69, 9.17) is 10.0 Å². The lowest BCUT2D eigenvalue weighted by Gasteiger charge is -2.01. The minimum atomic E-state index is -1.22. The number of rotatable bonds is 5. The van der Waals surface area contributed by atoms with Gasteiger partial charge in [-0.3, -0.25) is 0 Å². The van der Waals surface area contributed by atoms with Crippen molar-refractivity contribution in [2.45, 2.75) is 26.1 Å². The van der Waals surface area contributed by atoms with Crippen LogP contribution in [0, 0.1) is 5.92 Å². The predicted molar refractivity (Wildman–Crippen MR) is 39.5 cm³/mol. The molecule has 0 bridgehead atoms. The second-order valence-corrected chi connectivity index (χ2v) is 2.52. The SMILES string of the molecule is CC(C=O)CCCB(O)O. The highest BCUT2D eigenvalue weighted by Gasteiger charge is 2.06. The zero-order chi connectivity index (χ0) is 7.98. The molecule has 0 amide bonds. The van der Waals surface area contributed by atoms with Gasteiger partial charge in [-0.1, -0.05) is 13.3 Å². The highest BCUT2D eigenvalue weighted by atomic mass is 16.4. The molecule has 1 atom stereocenters. The Morgan fingerprint density at radius 3 is 2.60 bits per heavy atom. The van der Waals surface area contributed by atoms with Gasteiger partial charge in [-0.15, -0.1) is 0 Å². The van der Waals surface area contributed by atoms with Crippen molar-refractivity contribution in [3.63, 3.8) is 0 Å². The fraction of sp³-hybridized carbons (Fsp3) is 0.833. The van der Waals surface area contributed by atoms with Gasteiger partial charge in [0.15, 0.2) is 0 Å². The Hall–Kier alpha value is -0.345. The standard InChI is InChI=1S/C6H13BO3/c1-6(5-8)3-2-4-7(9)10/h5-6,9-10H,2-4H2,1H3. The molecule has 0 aliphatic carbocycles. The van der Waals surface area contributed by atoms with E-state index in [9.17, 15) is 4.79 Å². The highest BCUT2D eigenvalue weighted by molar-refractivity contribution is 6.40. The first-order valence-electron chi connectivity index (χ1n) is 3.48. The number of hydrogen-bond donors (Lipinski definition) is 2. The van der Waals surface area contributed by atoms with E-state index in [1.807, 2.05) is 6.92 Å². The summed E-state index contributed by atoms with van der Waals surface area (Å²) in [5.41, 5.74) is 0. The second kappa shape index (κ2) is 5.44. The fourth-order valence-corrected chi connectivity index (χ4v) is 0.690. The van der Waals surface area contributed by atoms with Crippen LogP contribution >= 0.6 is 0 Å². The Morgan fingerprint density at radius 2 is 2.20 bits per heavy atom. The minimum absolute atomic E-state index is 0.0405. The van der Waals surface area contributed by atoms with Crippen molar-refractivity contribution in [1.29, 1.82) is 0 Å². The number of hydrogen-bond acceptors (Lipinski definition) is 3. The van der Waals surface area contributed by atoms with Crippen LogP contribution in [0.5, 0.6) is 0 Å². The topological polar surface area (TPSA) is 57.5 Å². The van der Waals surface area contributed by atoms with Crippen molar-refractivity contribution >= 4 is 13.4 Å². The molecule has 2 N–H and O–H groups in total. The lowest BCUT2D eigenvalue weighted by atomic mass is 9.82. The predicted octanol–water partition coefficient (Wildman–Crippen LogP) is 0.0744. The Kier molecular flexibility index (Phi) is 5.25. The van der Waals surface area contributed by atoms with Crippen LogP contribution < -0.4 is 0 Å². The van der Waals surface area contributed by atoms with E-state index in [1.165, 1.54) is 0 Å². The Morgan fingerprint density at radius 1 is 1.60 bits per heavy atom. The van der Waals surface area contributed by atoms with Gasteiger partial charge in [-0.05, 0) is 12.7 Å². The normalized spacial score (nSPS) is 12.7. The van der Waals surface area contributed by atoms with E-state index in [-0.39, 0.29) is 5.92 Å². The first kappa shape index (κ1) is 9.65. The van der Waals surface area contributed by atoms with Gasteiger partial charge in [0.05, 0.1) is 0 Å². The number of carbonyl (C=O) groups is 1. The molecule has 0 saturated carbocycles. The van der Waals surface area contributed by atoms with E-state index in [2.05, 4.69) is 0 Å². The third kappa shape index (κ3) is 5.79.